The second-order valence-corrected chi connectivity index (χ2v) is 6.66. The monoisotopic (exact) mass is 297 g/mol. The zero-order valence-corrected chi connectivity index (χ0v) is 13.4. The zero-order chi connectivity index (χ0) is 14.9. The number of nitrogens with zero attached hydrogens (tertiary/aromatic N) is 4. The summed E-state index contributed by atoms with van der Waals surface area (Å²) in [6.45, 7) is 8.14. The third kappa shape index (κ3) is 3.26. The molecule has 0 unspecified atom stereocenters. The third-order valence-corrected chi connectivity index (χ3v) is 4.26. The van der Waals surface area contributed by atoms with Gasteiger partial charge >= 0.3 is 0 Å². The fraction of sp³-hybridized carbons (Fsp3) is 0.769. The van der Waals surface area contributed by atoms with Crippen LogP contribution in [-0.2, 0) is 4.79 Å². The Morgan fingerprint density at radius 2 is 1.95 bits per heavy atom. The Balaban J connectivity index is 1.99. The minimum absolute atomic E-state index is 0.129. The lowest BCUT2D eigenvalue weighted by Gasteiger charge is -2.30. The Morgan fingerprint density at radius 1 is 1.35 bits per heavy atom. The largest absolute Gasteiger partial charge is 0.368 e. The smallest absolute Gasteiger partial charge is 0.233 e. The third-order valence-electron chi connectivity index (χ3n) is 3.33. The molecule has 0 atom stereocenters. The van der Waals surface area contributed by atoms with Crippen LogP contribution in [0.15, 0.2) is 5.16 Å². The first-order chi connectivity index (χ1) is 9.41. The number of aromatic nitrogens is 3. The number of amides is 1. The molecule has 1 aromatic heterocycles. The summed E-state index contributed by atoms with van der Waals surface area (Å²) < 4.78 is 1.95. The van der Waals surface area contributed by atoms with Crippen LogP contribution in [0.2, 0.25) is 0 Å². The Morgan fingerprint density at radius 3 is 2.45 bits per heavy atom. The van der Waals surface area contributed by atoms with Crippen molar-refractivity contribution in [3.05, 3.63) is 0 Å². The van der Waals surface area contributed by atoms with E-state index in [9.17, 15) is 4.79 Å². The van der Waals surface area contributed by atoms with Crippen molar-refractivity contribution in [3.8, 4) is 0 Å². The maximum atomic E-state index is 12.3. The van der Waals surface area contributed by atoms with Crippen LogP contribution in [0.5, 0.6) is 0 Å². The Kier molecular flexibility index (Phi) is 4.57. The lowest BCUT2D eigenvalue weighted by atomic mass is 10.2. The number of rotatable bonds is 6. The normalized spacial score (nSPS) is 15.1. The van der Waals surface area contributed by atoms with Crippen LogP contribution in [0, 0.1) is 0 Å². The van der Waals surface area contributed by atoms with Crippen molar-refractivity contribution in [2.24, 2.45) is 0 Å². The average molecular weight is 297 g/mol. The number of hydrogen-bond donors (Lipinski definition) is 1. The lowest BCUT2D eigenvalue weighted by Crippen LogP contribution is -2.43. The molecule has 7 heteroatoms. The molecule has 20 heavy (non-hydrogen) atoms. The summed E-state index contributed by atoms with van der Waals surface area (Å²) in [7, 11) is 0. The number of anilines is 1. The first-order valence-corrected chi connectivity index (χ1v) is 8.04. The molecule has 1 aliphatic rings. The molecule has 0 aliphatic heterocycles. The molecule has 1 heterocycles. The average Bonchev–Trinajstić information content (AvgIpc) is 3.10. The number of carbonyl (C=O) groups is 1. The second-order valence-electron chi connectivity index (χ2n) is 5.72. The van der Waals surface area contributed by atoms with Gasteiger partial charge in [-0.3, -0.25) is 9.36 Å². The SMILES string of the molecule is CC(C)N(C(=O)CSc1nnc(N)n1C1CC1)C(C)C. The van der Waals surface area contributed by atoms with Crippen LogP contribution in [0.4, 0.5) is 5.95 Å². The van der Waals surface area contributed by atoms with Crippen LogP contribution in [0.25, 0.3) is 0 Å². The van der Waals surface area contributed by atoms with Gasteiger partial charge in [-0.15, -0.1) is 10.2 Å². The van der Waals surface area contributed by atoms with E-state index in [4.69, 9.17) is 5.73 Å². The Hall–Kier alpha value is -1.24. The molecular formula is C13H23N5OS. The van der Waals surface area contributed by atoms with Gasteiger partial charge in [0, 0.05) is 18.1 Å². The summed E-state index contributed by atoms with van der Waals surface area (Å²) >= 11 is 1.43. The molecule has 1 saturated carbocycles. The second kappa shape index (κ2) is 6.03. The molecule has 0 spiro atoms. The molecule has 0 saturated heterocycles. The van der Waals surface area contributed by atoms with Gasteiger partial charge < -0.3 is 10.6 Å². The summed E-state index contributed by atoms with van der Waals surface area (Å²) in [5, 5.41) is 8.75. The van der Waals surface area contributed by atoms with E-state index < -0.39 is 0 Å². The number of thioether (sulfide) groups is 1. The number of carbonyl (C=O) groups excluding carboxylic acids is 1. The van der Waals surface area contributed by atoms with Crippen LogP contribution < -0.4 is 5.73 Å². The molecule has 6 nitrogen and oxygen atoms in total. The van der Waals surface area contributed by atoms with Crippen LogP contribution in [0.3, 0.4) is 0 Å². The molecule has 0 bridgehead atoms. The van der Waals surface area contributed by atoms with Gasteiger partial charge in [-0.25, -0.2) is 0 Å². The summed E-state index contributed by atoms with van der Waals surface area (Å²) in [5.74, 6) is 0.956. The van der Waals surface area contributed by atoms with E-state index in [0.29, 0.717) is 17.7 Å². The summed E-state index contributed by atoms with van der Waals surface area (Å²) in [5.41, 5.74) is 5.83. The highest BCUT2D eigenvalue weighted by atomic mass is 32.2. The van der Waals surface area contributed by atoms with Gasteiger partial charge in [0.2, 0.25) is 11.9 Å². The van der Waals surface area contributed by atoms with Gasteiger partial charge in [-0.2, -0.15) is 0 Å². The van der Waals surface area contributed by atoms with Crippen molar-refractivity contribution in [2.45, 2.75) is 63.8 Å². The summed E-state index contributed by atoms with van der Waals surface area (Å²) in [6.07, 6.45) is 2.24. The highest BCUT2D eigenvalue weighted by Gasteiger charge is 2.29. The van der Waals surface area contributed by atoms with Crippen molar-refractivity contribution in [1.82, 2.24) is 19.7 Å². The van der Waals surface area contributed by atoms with Gasteiger partial charge in [0.1, 0.15) is 0 Å². The standard InChI is InChI=1S/C13H23N5OS/c1-8(2)17(9(3)4)11(19)7-20-13-16-15-12(14)18(13)10-5-6-10/h8-10H,5-7H2,1-4H3,(H2,14,15). The van der Waals surface area contributed by atoms with Crippen LogP contribution in [0.1, 0.15) is 46.6 Å². The predicted octanol–water partition coefficient (Wildman–Crippen LogP) is 1.93. The van der Waals surface area contributed by atoms with Crippen LogP contribution >= 0.6 is 11.8 Å². The molecule has 1 aromatic rings. The molecule has 0 radical (unpaired) electrons. The summed E-state index contributed by atoms with van der Waals surface area (Å²) in [6, 6.07) is 0.831. The van der Waals surface area contributed by atoms with Gasteiger partial charge in [0.05, 0.1) is 5.75 Å². The van der Waals surface area contributed by atoms with Gasteiger partial charge in [-0.1, -0.05) is 11.8 Å². The molecule has 1 aliphatic carbocycles. The van der Waals surface area contributed by atoms with Crippen molar-refractivity contribution in [3.63, 3.8) is 0 Å². The summed E-state index contributed by atoms with van der Waals surface area (Å²) in [4.78, 5) is 14.2. The fourth-order valence-corrected chi connectivity index (χ4v) is 3.32. The predicted molar refractivity (Wildman–Crippen MR) is 80.5 cm³/mol. The quantitative estimate of drug-likeness (QED) is 0.812. The molecule has 1 fully saturated rings. The minimum Gasteiger partial charge on any atom is -0.368 e. The zero-order valence-electron chi connectivity index (χ0n) is 12.5. The highest BCUT2D eigenvalue weighted by molar-refractivity contribution is 7.99. The molecule has 2 rings (SSSR count). The van der Waals surface area contributed by atoms with E-state index in [0.717, 1.165) is 18.0 Å². The Labute approximate surface area is 124 Å². The maximum absolute atomic E-state index is 12.3. The first kappa shape index (κ1) is 15.2. The number of hydrogen-bond acceptors (Lipinski definition) is 5. The lowest BCUT2D eigenvalue weighted by molar-refractivity contribution is -0.131. The van der Waals surface area contributed by atoms with E-state index in [1.54, 1.807) is 0 Å². The molecule has 1 amide bonds. The molecule has 112 valence electrons. The van der Waals surface area contributed by atoms with Gasteiger partial charge in [0.25, 0.3) is 0 Å². The first-order valence-electron chi connectivity index (χ1n) is 7.06. The number of nitrogens with two attached hydrogens (primary N) is 1. The number of nitrogen functional groups attached to an aromatic ring is 1. The molecule has 2 N–H and O–H groups in total. The van der Waals surface area contributed by atoms with E-state index >= 15 is 0 Å². The van der Waals surface area contributed by atoms with Gasteiger partial charge in [0.15, 0.2) is 5.16 Å². The molecular weight excluding hydrogens is 274 g/mol. The van der Waals surface area contributed by atoms with Gasteiger partial charge in [-0.05, 0) is 40.5 Å². The molecule has 0 aromatic carbocycles. The Bertz CT molecular complexity index is 473. The van der Waals surface area contributed by atoms with E-state index in [1.807, 2.05) is 37.2 Å². The highest BCUT2D eigenvalue weighted by Crippen LogP contribution is 2.39. The minimum atomic E-state index is 0.129. The maximum Gasteiger partial charge on any atom is 0.233 e. The van der Waals surface area contributed by atoms with Crippen molar-refractivity contribution in [1.29, 1.82) is 0 Å². The van der Waals surface area contributed by atoms with E-state index in [1.165, 1.54) is 11.8 Å². The topological polar surface area (TPSA) is 77.0 Å². The van der Waals surface area contributed by atoms with Crippen molar-refractivity contribution < 1.29 is 4.79 Å². The van der Waals surface area contributed by atoms with E-state index in [2.05, 4.69) is 10.2 Å². The van der Waals surface area contributed by atoms with Crippen molar-refractivity contribution >= 4 is 23.6 Å². The van der Waals surface area contributed by atoms with Crippen LogP contribution in [-0.4, -0.2) is 43.4 Å². The van der Waals surface area contributed by atoms with E-state index in [-0.39, 0.29) is 18.0 Å². The fourth-order valence-electron chi connectivity index (χ4n) is 2.44. The van der Waals surface area contributed by atoms with Crippen molar-refractivity contribution in [2.75, 3.05) is 11.5 Å².